The third kappa shape index (κ3) is 5.61. The zero-order valence-electron chi connectivity index (χ0n) is 13.4. The first kappa shape index (κ1) is 17.2. The van der Waals surface area contributed by atoms with Gasteiger partial charge < -0.3 is 10.1 Å². The van der Waals surface area contributed by atoms with Crippen LogP contribution in [-0.4, -0.2) is 44.3 Å². The summed E-state index contributed by atoms with van der Waals surface area (Å²) in [6.07, 6.45) is 1.16. The third-order valence-corrected chi connectivity index (χ3v) is 3.70. The molecule has 0 spiro atoms. The fraction of sp³-hybridized carbons (Fsp3) is 0.647. The number of rotatable bonds is 10. The quantitative estimate of drug-likeness (QED) is 0.712. The monoisotopic (exact) mass is 278 g/mol. The van der Waals surface area contributed by atoms with Gasteiger partial charge in [-0.15, -0.1) is 0 Å². The van der Waals surface area contributed by atoms with Crippen molar-refractivity contribution >= 4 is 0 Å². The van der Waals surface area contributed by atoms with E-state index in [1.54, 1.807) is 7.11 Å². The maximum absolute atomic E-state index is 5.29. The van der Waals surface area contributed by atoms with Crippen LogP contribution in [0.5, 0.6) is 0 Å². The lowest BCUT2D eigenvalue weighted by Gasteiger charge is -2.32. The molecular weight excluding hydrogens is 248 g/mol. The first-order chi connectivity index (χ1) is 9.72. The first-order valence-electron chi connectivity index (χ1n) is 7.74. The Morgan fingerprint density at radius 1 is 1.20 bits per heavy atom. The van der Waals surface area contributed by atoms with Crippen LogP contribution in [0.2, 0.25) is 0 Å². The second-order valence-electron chi connectivity index (χ2n) is 5.31. The van der Waals surface area contributed by atoms with E-state index < -0.39 is 0 Å². The molecular formula is C17H30N2O. The highest BCUT2D eigenvalue weighted by Gasteiger charge is 2.18. The normalized spacial score (nSPS) is 14.4. The van der Waals surface area contributed by atoms with E-state index in [-0.39, 0.29) is 0 Å². The van der Waals surface area contributed by atoms with Crippen molar-refractivity contribution in [3.63, 3.8) is 0 Å². The molecule has 114 valence electrons. The Hall–Kier alpha value is -0.900. The largest absolute Gasteiger partial charge is 0.383 e. The van der Waals surface area contributed by atoms with E-state index in [1.807, 2.05) is 0 Å². The molecule has 0 aromatic heterocycles. The molecule has 20 heavy (non-hydrogen) atoms. The molecule has 0 heterocycles. The smallest absolute Gasteiger partial charge is 0.0615 e. The number of hydrogen-bond donors (Lipinski definition) is 1. The fourth-order valence-corrected chi connectivity index (χ4v) is 2.49. The molecule has 0 radical (unpaired) electrons. The number of methoxy groups -OCH3 is 1. The van der Waals surface area contributed by atoms with Crippen LogP contribution in [0.1, 0.15) is 38.8 Å². The predicted octanol–water partition coefficient (Wildman–Crippen LogP) is 3.08. The number of hydrogen-bond acceptors (Lipinski definition) is 3. The van der Waals surface area contributed by atoms with Crippen LogP contribution in [-0.2, 0) is 4.74 Å². The van der Waals surface area contributed by atoms with E-state index in [4.69, 9.17) is 4.74 Å². The Kier molecular flexibility index (Phi) is 8.51. The van der Waals surface area contributed by atoms with Crippen molar-refractivity contribution in [1.29, 1.82) is 0 Å². The highest BCUT2D eigenvalue weighted by Crippen LogP contribution is 2.15. The highest BCUT2D eigenvalue weighted by molar-refractivity contribution is 5.19. The van der Waals surface area contributed by atoms with Gasteiger partial charge in [-0.3, -0.25) is 4.90 Å². The zero-order valence-corrected chi connectivity index (χ0v) is 13.4. The van der Waals surface area contributed by atoms with Gasteiger partial charge in [0.25, 0.3) is 0 Å². The Morgan fingerprint density at radius 2 is 1.90 bits per heavy atom. The number of benzene rings is 1. The minimum Gasteiger partial charge on any atom is -0.383 e. The van der Waals surface area contributed by atoms with Crippen molar-refractivity contribution in [3.8, 4) is 0 Å². The zero-order chi connectivity index (χ0) is 14.8. The van der Waals surface area contributed by atoms with Crippen LogP contribution in [0.15, 0.2) is 30.3 Å². The third-order valence-electron chi connectivity index (χ3n) is 3.70. The van der Waals surface area contributed by atoms with Gasteiger partial charge in [0.05, 0.1) is 6.61 Å². The van der Waals surface area contributed by atoms with Crippen LogP contribution in [0.3, 0.4) is 0 Å². The lowest BCUT2D eigenvalue weighted by molar-refractivity contribution is 0.0956. The van der Waals surface area contributed by atoms with Crippen molar-refractivity contribution in [2.75, 3.05) is 33.4 Å². The molecule has 3 heteroatoms. The molecule has 1 aromatic carbocycles. The standard InChI is InChI=1S/C17H30N2O/c1-5-12-18-17(16-10-8-7-9-11-16)13-19(6-2)15(3)14-20-4/h7-11,15,17-18H,5-6,12-14H2,1-4H3. The van der Waals surface area contributed by atoms with E-state index in [0.29, 0.717) is 12.1 Å². The second kappa shape index (κ2) is 9.92. The Labute approximate surface area is 124 Å². The van der Waals surface area contributed by atoms with Gasteiger partial charge in [0, 0.05) is 25.7 Å². The Morgan fingerprint density at radius 3 is 2.45 bits per heavy atom. The molecule has 2 atom stereocenters. The maximum atomic E-state index is 5.29. The van der Waals surface area contributed by atoms with E-state index in [0.717, 1.165) is 32.7 Å². The van der Waals surface area contributed by atoms with Crippen molar-refractivity contribution in [2.45, 2.75) is 39.3 Å². The molecule has 0 aliphatic carbocycles. The molecule has 3 nitrogen and oxygen atoms in total. The summed E-state index contributed by atoms with van der Waals surface area (Å²) in [4.78, 5) is 2.48. The van der Waals surface area contributed by atoms with Crippen molar-refractivity contribution in [2.24, 2.45) is 0 Å². The van der Waals surface area contributed by atoms with Crippen molar-refractivity contribution in [1.82, 2.24) is 10.2 Å². The number of likely N-dealkylation sites (N-methyl/N-ethyl adjacent to an activating group) is 1. The molecule has 1 N–H and O–H groups in total. The molecule has 1 rings (SSSR count). The minimum absolute atomic E-state index is 0.385. The molecule has 0 saturated heterocycles. The molecule has 0 bridgehead atoms. The van der Waals surface area contributed by atoms with Gasteiger partial charge in [0.15, 0.2) is 0 Å². The number of nitrogens with one attached hydrogen (secondary N) is 1. The summed E-state index contributed by atoms with van der Waals surface area (Å²) in [6, 6.07) is 11.6. The molecule has 0 aliphatic heterocycles. The molecule has 0 saturated carbocycles. The number of nitrogens with zero attached hydrogens (tertiary/aromatic N) is 1. The van der Waals surface area contributed by atoms with E-state index >= 15 is 0 Å². The predicted molar refractivity (Wildman–Crippen MR) is 86.1 cm³/mol. The Balaban J connectivity index is 2.72. The van der Waals surface area contributed by atoms with Gasteiger partial charge in [-0.05, 0) is 32.0 Å². The summed E-state index contributed by atoms with van der Waals surface area (Å²) in [6.45, 7) is 10.6. The van der Waals surface area contributed by atoms with Crippen LogP contribution in [0.4, 0.5) is 0 Å². The van der Waals surface area contributed by atoms with E-state index in [9.17, 15) is 0 Å². The van der Waals surface area contributed by atoms with Crippen LogP contribution >= 0.6 is 0 Å². The van der Waals surface area contributed by atoms with Crippen molar-refractivity contribution in [3.05, 3.63) is 35.9 Å². The summed E-state index contributed by atoms with van der Waals surface area (Å²) < 4.78 is 5.29. The van der Waals surface area contributed by atoms with Gasteiger partial charge in [0.1, 0.15) is 0 Å². The van der Waals surface area contributed by atoms with E-state index in [1.165, 1.54) is 5.56 Å². The molecule has 1 aromatic rings. The summed E-state index contributed by atoms with van der Waals surface area (Å²) >= 11 is 0. The first-order valence-corrected chi connectivity index (χ1v) is 7.74. The molecule has 0 fully saturated rings. The van der Waals surface area contributed by atoms with Crippen LogP contribution in [0, 0.1) is 0 Å². The minimum atomic E-state index is 0.385. The lowest BCUT2D eigenvalue weighted by Crippen LogP contribution is -2.42. The van der Waals surface area contributed by atoms with Crippen LogP contribution < -0.4 is 5.32 Å². The fourth-order valence-electron chi connectivity index (χ4n) is 2.49. The molecule has 0 aliphatic rings. The lowest BCUT2D eigenvalue weighted by atomic mass is 10.1. The number of ether oxygens (including phenoxy) is 1. The average molecular weight is 278 g/mol. The Bertz CT molecular complexity index is 342. The summed E-state index contributed by atoms with van der Waals surface area (Å²) in [7, 11) is 1.77. The summed E-state index contributed by atoms with van der Waals surface area (Å²) in [5, 5.41) is 3.66. The maximum Gasteiger partial charge on any atom is 0.0615 e. The van der Waals surface area contributed by atoms with Gasteiger partial charge in [0.2, 0.25) is 0 Å². The summed E-state index contributed by atoms with van der Waals surface area (Å²) in [5.41, 5.74) is 1.36. The SMILES string of the molecule is CCCNC(CN(CC)C(C)COC)c1ccccc1. The summed E-state index contributed by atoms with van der Waals surface area (Å²) in [5.74, 6) is 0. The average Bonchev–Trinajstić information content (AvgIpc) is 2.48. The van der Waals surface area contributed by atoms with E-state index in [2.05, 4.69) is 61.3 Å². The molecule has 2 unspecified atom stereocenters. The van der Waals surface area contributed by atoms with Crippen LogP contribution in [0.25, 0.3) is 0 Å². The molecule has 0 amide bonds. The topological polar surface area (TPSA) is 24.5 Å². The van der Waals surface area contributed by atoms with Gasteiger partial charge in [-0.25, -0.2) is 0 Å². The highest BCUT2D eigenvalue weighted by atomic mass is 16.5. The van der Waals surface area contributed by atoms with Gasteiger partial charge in [-0.2, -0.15) is 0 Å². The van der Waals surface area contributed by atoms with Crippen molar-refractivity contribution < 1.29 is 4.74 Å². The second-order valence-corrected chi connectivity index (χ2v) is 5.31. The van der Waals surface area contributed by atoms with Gasteiger partial charge >= 0.3 is 0 Å². The van der Waals surface area contributed by atoms with Gasteiger partial charge in [-0.1, -0.05) is 44.2 Å².